The third kappa shape index (κ3) is 5.18. The molecule has 0 aliphatic carbocycles. The zero-order valence-electron chi connectivity index (χ0n) is 12.2. The summed E-state index contributed by atoms with van der Waals surface area (Å²) in [6, 6.07) is 5.74. The molecule has 0 aliphatic heterocycles. The first-order chi connectivity index (χ1) is 9.71. The molecule has 1 aromatic carbocycles. The van der Waals surface area contributed by atoms with Gasteiger partial charge in [0.2, 0.25) is 5.91 Å². The quantitative estimate of drug-likeness (QED) is 0.614. The van der Waals surface area contributed by atoms with E-state index in [0.29, 0.717) is 18.0 Å². The standard InChI is InChI=1S/C16H21NO3/c1-4-5-6-7-16(18)17-11-10-13-8-9-14(19-2)15(12-13)20-3/h4-9,12H,10-11H2,1-3H3,(H,17,18)/b5-4+,7-6+. The van der Waals surface area contributed by atoms with Crippen LogP contribution < -0.4 is 14.8 Å². The topological polar surface area (TPSA) is 47.6 Å². The van der Waals surface area contributed by atoms with Crippen molar-refractivity contribution in [3.63, 3.8) is 0 Å². The van der Waals surface area contributed by atoms with Crippen molar-refractivity contribution in [1.82, 2.24) is 5.32 Å². The fourth-order valence-electron chi connectivity index (χ4n) is 1.68. The maximum Gasteiger partial charge on any atom is 0.243 e. The highest BCUT2D eigenvalue weighted by Crippen LogP contribution is 2.27. The molecule has 1 amide bonds. The molecule has 0 saturated carbocycles. The molecular weight excluding hydrogens is 254 g/mol. The monoisotopic (exact) mass is 275 g/mol. The van der Waals surface area contributed by atoms with Crippen LogP contribution in [0, 0.1) is 0 Å². The van der Waals surface area contributed by atoms with Crippen LogP contribution in [-0.4, -0.2) is 26.7 Å². The molecule has 0 unspecified atom stereocenters. The average Bonchev–Trinajstić information content (AvgIpc) is 2.47. The molecule has 108 valence electrons. The summed E-state index contributed by atoms with van der Waals surface area (Å²) in [6.07, 6.45) is 7.64. The number of ether oxygens (including phenoxy) is 2. The van der Waals surface area contributed by atoms with Crippen LogP contribution in [0.5, 0.6) is 11.5 Å². The van der Waals surface area contributed by atoms with Gasteiger partial charge >= 0.3 is 0 Å². The Labute approximate surface area is 120 Å². The molecule has 0 bridgehead atoms. The zero-order chi connectivity index (χ0) is 14.8. The summed E-state index contributed by atoms with van der Waals surface area (Å²) in [5.41, 5.74) is 1.08. The lowest BCUT2D eigenvalue weighted by atomic mass is 10.1. The van der Waals surface area contributed by atoms with E-state index >= 15 is 0 Å². The van der Waals surface area contributed by atoms with Gasteiger partial charge in [-0.25, -0.2) is 0 Å². The molecule has 1 N–H and O–H groups in total. The first-order valence-corrected chi connectivity index (χ1v) is 6.49. The SMILES string of the molecule is C/C=C/C=C/C(=O)NCCc1ccc(OC)c(OC)c1. The van der Waals surface area contributed by atoms with Crippen molar-refractivity contribution in [2.24, 2.45) is 0 Å². The molecule has 20 heavy (non-hydrogen) atoms. The van der Waals surface area contributed by atoms with Gasteiger partial charge in [-0.3, -0.25) is 4.79 Å². The summed E-state index contributed by atoms with van der Waals surface area (Å²) in [6.45, 7) is 2.48. The molecular formula is C16H21NO3. The summed E-state index contributed by atoms with van der Waals surface area (Å²) in [7, 11) is 3.21. The number of hydrogen-bond acceptors (Lipinski definition) is 3. The third-order valence-electron chi connectivity index (χ3n) is 2.71. The van der Waals surface area contributed by atoms with Crippen molar-refractivity contribution in [3.8, 4) is 11.5 Å². The number of nitrogens with one attached hydrogen (secondary N) is 1. The molecule has 0 saturated heterocycles. The maximum absolute atomic E-state index is 11.5. The van der Waals surface area contributed by atoms with Crippen LogP contribution in [-0.2, 0) is 11.2 Å². The molecule has 0 radical (unpaired) electrons. The second-order valence-electron chi connectivity index (χ2n) is 4.12. The van der Waals surface area contributed by atoms with Gasteiger partial charge in [0.25, 0.3) is 0 Å². The van der Waals surface area contributed by atoms with E-state index in [-0.39, 0.29) is 5.91 Å². The van der Waals surface area contributed by atoms with E-state index in [1.54, 1.807) is 20.3 Å². The van der Waals surface area contributed by atoms with Crippen LogP contribution >= 0.6 is 0 Å². The van der Waals surface area contributed by atoms with Gasteiger partial charge in [-0.05, 0) is 31.0 Å². The van der Waals surface area contributed by atoms with E-state index in [1.807, 2.05) is 37.3 Å². The highest BCUT2D eigenvalue weighted by Gasteiger charge is 2.04. The maximum atomic E-state index is 11.5. The van der Waals surface area contributed by atoms with E-state index in [0.717, 1.165) is 12.0 Å². The predicted molar refractivity (Wildman–Crippen MR) is 80.2 cm³/mol. The van der Waals surface area contributed by atoms with Crippen LogP contribution in [0.25, 0.3) is 0 Å². The van der Waals surface area contributed by atoms with Crippen LogP contribution in [0.1, 0.15) is 12.5 Å². The van der Waals surface area contributed by atoms with E-state index < -0.39 is 0 Å². The number of rotatable bonds is 7. The van der Waals surface area contributed by atoms with E-state index in [9.17, 15) is 4.79 Å². The molecule has 1 aromatic rings. The molecule has 0 spiro atoms. The Hall–Kier alpha value is -2.23. The van der Waals surface area contributed by atoms with Gasteiger partial charge in [0.1, 0.15) is 0 Å². The van der Waals surface area contributed by atoms with Crippen LogP contribution in [0.2, 0.25) is 0 Å². The first kappa shape index (κ1) is 15.8. The molecule has 4 nitrogen and oxygen atoms in total. The minimum absolute atomic E-state index is 0.0939. The zero-order valence-corrected chi connectivity index (χ0v) is 12.2. The smallest absolute Gasteiger partial charge is 0.243 e. The first-order valence-electron chi connectivity index (χ1n) is 6.49. The lowest BCUT2D eigenvalue weighted by Gasteiger charge is -2.09. The average molecular weight is 275 g/mol. The second-order valence-corrected chi connectivity index (χ2v) is 4.12. The fraction of sp³-hybridized carbons (Fsp3) is 0.312. The van der Waals surface area contributed by atoms with Crippen molar-refractivity contribution in [2.45, 2.75) is 13.3 Å². The van der Waals surface area contributed by atoms with E-state index in [1.165, 1.54) is 6.08 Å². The number of carbonyl (C=O) groups is 1. The van der Waals surface area contributed by atoms with Crippen molar-refractivity contribution >= 4 is 5.91 Å². The summed E-state index contributed by atoms with van der Waals surface area (Å²) >= 11 is 0. The Morgan fingerprint density at radius 1 is 1.20 bits per heavy atom. The highest BCUT2D eigenvalue weighted by atomic mass is 16.5. The van der Waals surface area contributed by atoms with E-state index in [4.69, 9.17) is 9.47 Å². The number of carbonyl (C=O) groups excluding carboxylic acids is 1. The number of benzene rings is 1. The highest BCUT2D eigenvalue weighted by molar-refractivity contribution is 5.87. The van der Waals surface area contributed by atoms with Gasteiger partial charge in [0.15, 0.2) is 11.5 Å². The van der Waals surface area contributed by atoms with E-state index in [2.05, 4.69) is 5.32 Å². The van der Waals surface area contributed by atoms with Gasteiger partial charge < -0.3 is 14.8 Å². The van der Waals surface area contributed by atoms with Crippen molar-refractivity contribution < 1.29 is 14.3 Å². The number of hydrogen-bond donors (Lipinski definition) is 1. The Kier molecular flexibility index (Phi) is 6.96. The van der Waals surface area contributed by atoms with Crippen molar-refractivity contribution in [2.75, 3.05) is 20.8 Å². The summed E-state index contributed by atoms with van der Waals surface area (Å²) in [4.78, 5) is 11.5. The van der Waals surface area contributed by atoms with Gasteiger partial charge in [0.05, 0.1) is 14.2 Å². The Morgan fingerprint density at radius 2 is 1.95 bits per heavy atom. The molecule has 0 aromatic heterocycles. The molecule has 1 rings (SSSR count). The third-order valence-corrected chi connectivity index (χ3v) is 2.71. The predicted octanol–water partition coefficient (Wildman–Crippen LogP) is 2.49. The Bertz CT molecular complexity index is 492. The van der Waals surface area contributed by atoms with Gasteiger partial charge in [0, 0.05) is 12.6 Å². The second kappa shape index (κ2) is 8.80. The Morgan fingerprint density at radius 3 is 2.60 bits per heavy atom. The largest absolute Gasteiger partial charge is 0.493 e. The minimum Gasteiger partial charge on any atom is -0.493 e. The summed E-state index contributed by atoms with van der Waals surface area (Å²) in [5, 5.41) is 2.82. The lowest BCUT2D eigenvalue weighted by Crippen LogP contribution is -2.23. The Balaban J connectivity index is 2.48. The molecule has 0 aliphatic rings. The normalized spacial score (nSPS) is 10.9. The molecule has 0 atom stereocenters. The number of allylic oxidation sites excluding steroid dienone is 3. The number of methoxy groups -OCH3 is 2. The lowest BCUT2D eigenvalue weighted by molar-refractivity contribution is -0.116. The van der Waals surface area contributed by atoms with Crippen LogP contribution in [0.15, 0.2) is 42.5 Å². The summed E-state index contributed by atoms with van der Waals surface area (Å²) < 4.78 is 10.4. The van der Waals surface area contributed by atoms with Gasteiger partial charge in [-0.1, -0.05) is 24.3 Å². The van der Waals surface area contributed by atoms with Crippen LogP contribution in [0.4, 0.5) is 0 Å². The fourth-order valence-corrected chi connectivity index (χ4v) is 1.68. The number of amides is 1. The van der Waals surface area contributed by atoms with Gasteiger partial charge in [-0.2, -0.15) is 0 Å². The molecule has 4 heteroatoms. The molecule has 0 heterocycles. The van der Waals surface area contributed by atoms with Gasteiger partial charge in [-0.15, -0.1) is 0 Å². The van der Waals surface area contributed by atoms with Crippen molar-refractivity contribution in [1.29, 1.82) is 0 Å². The van der Waals surface area contributed by atoms with Crippen molar-refractivity contribution in [3.05, 3.63) is 48.1 Å². The minimum atomic E-state index is -0.0939. The summed E-state index contributed by atoms with van der Waals surface area (Å²) in [5.74, 6) is 1.31. The molecule has 0 fully saturated rings. The van der Waals surface area contributed by atoms with Crippen LogP contribution in [0.3, 0.4) is 0 Å².